The number of aryl methyl sites for hydroxylation is 3. The molecule has 0 atom stereocenters. The van der Waals surface area contributed by atoms with Crippen molar-refractivity contribution in [3.63, 3.8) is 0 Å². The molecular formula is C11H13N3O2. The van der Waals surface area contributed by atoms with Crippen LogP contribution in [0.3, 0.4) is 0 Å². The molecule has 0 amide bonds. The second-order valence-electron chi connectivity index (χ2n) is 3.61. The Hall–Kier alpha value is -2.04. The molecule has 0 spiro atoms. The largest absolute Gasteiger partial charge is 0.478 e. The zero-order valence-electron chi connectivity index (χ0n) is 9.00. The molecule has 0 fully saturated rings. The van der Waals surface area contributed by atoms with Gasteiger partial charge in [-0.2, -0.15) is 0 Å². The molecule has 2 rings (SSSR count). The van der Waals surface area contributed by atoms with Gasteiger partial charge < -0.3 is 14.2 Å². The fourth-order valence-electron chi connectivity index (χ4n) is 1.57. The molecule has 0 saturated carbocycles. The zero-order chi connectivity index (χ0) is 11.5. The molecule has 1 N–H and O–H groups in total. The van der Waals surface area contributed by atoms with Crippen LogP contribution < -0.4 is 0 Å². The molecule has 2 aromatic heterocycles. The average molecular weight is 219 g/mol. The van der Waals surface area contributed by atoms with Gasteiger partial charge in [0.05, 0.1) is 5.56 Å². The lowest BCUT2D eigenvalue weighted by Gasteiger charge is -2.05. The van der Waals surface area contributed by atoms with Crippen LogP contribution in [-0.2, 0) is 13.1 Å². The van der Waals surface area contributed by atoms with Gasteiger partial charge in [-0.1, -0.05) is 0 Å². The summed E-state index contributed by atoms with van der Waals surface area (Å²) in [5.74, 6) is 0.0724. The van der Waals surface area contributed by atoms with Crippen molar-refractivity contribution >= 4 is 5.97 Å². The molecule has 0 radical (unpaired) electrons. The summed E-state index contributed by atoms with van der Waals surface area (Å²) in [4.78, 5) is 14.8. The third kappa shape index (κ3) is 2.13. The van der Waals surface area contributed by atoms with Gasteiger partial charge >= 0.3 is 5.97 Å². The summed E-state index contributed by atoms with van der Waals surface area (Å²) in [5, 5.41) is 8.77. The van der Waals surface area contributed by atoms with E-state index in [1.807, 2.05) is 22.3 Å². The number of carbonyl (C=O) groups is 1. The van der Waals surface area contributed by atoms with E-state index >= 15 is 0 Å². The van der Waals surface area contributed by atoms with Gasteiger partial charge in [0.1, 0.15) is 5.82 Å². The van der Waals surface area contributed by atoms with Gasteiger partial charge in [0.25, 0.3) is 0 Å². The number of hydrogen-bond acceptors (Lipinski definition) is 2. The van der Waals surface area contributed by atoms with E-state index in [2.05, 4.69) is 4.98 Å². The van der Waals surface area contributed by atoms with Crippen LogP contribution >= 0.6 is 0 Å². The van der Waals surface area contributed by atoms with Crippen molar-refractivity contribution in [3.05, 3.63) is 42.2 Å². The fourth-order valence-corrected chi connectivity index (χ4v) is 1.57. The van der Waals surface area contributed by atoms with Gasteiger partial charge in [-0.25, -0.2) is 9.78 Å². The molecule has 0 aliphatic carbocycles. The second-order valence-corrected chi connectivity index (χ2v) is 3.61. The number of aromatic nitrogens is 3. The maximum atomic E-state index is 10.7. The van der Waals surface area contributed by atoms with Crippen molar-refractivity contribution in [3.8, 4) is 0 Å². The SMILES string of the molecule is Cc1nccn1CCn1ccc(C(=O)O)c1. The van der Waals surface area contributed by atoms with E-state index in [9.17, 15) is 4.79 Å². The van der Waals surface area contributed by atoms with Crippen LogP contribution in [0.15, 0.2) is 30.9 Å². The van der Waals surface area contributed by atoms with Gasteiger partial charge in [0.2, 0.25) is 0 Å². The summed E-state index contributed by atoms with van der Waals surface area (Å²) in [5.41, 5.74) is 0.322. The Kier molecular flexibility index (Phi) is 2.76. The van der Waals surface area contributed by atoms with Crippen LogP contribution in [0.1, 0.15) is 16.2 Å². The first-order valence-electron chi connectivity index (χ1n) is 5.03. The van der Waals surface area contributed by atoms with Gasteiger partial charge in [-0.15, -0.1) is 0 Å². The Morgan fingerprint density at radius 3 is 2.81 bits per heavy atom. The van der Waals surface area contributed by atoms with Gasteiger partial charge in [-0.05, 0) is 13.0 Å². The van der Waals surface area contributed by atoms with Crippen molar-refractivity contribution in [2.75, 3.05) is 0 Å². The van der Waals surface area contributed by atoms with Crippen LogP contribution in [0.25, 0.3) is 0 Å². The van der Waals surface area contributed by atoms with Crippen LogP contribution in [0.5, 0.6) is 0 Å². The number of rotatable bonds is 4. The first kappa shape index (κ1) is 10.5. The molecule has 0 bridgehead atoms. The lowest BCUT2D eigenvalue weighted by atomic mass is 10.4. The van der Waals surface area contributed by atoms with E-state index in [-0.39, 0.29) is 0 Å². The molecular weight excluding hydrogens is 206 g/mol. The van der Waals surface area contributed by atoms with Crippen molar-refractivity contribution in [2.24, 2.45) is 0 Å². The minimum absolute atomic E-state index is 0.322. The maximum Gasteiger partial charge on any atom is 0.337 e. The van der Waals surface area contributed by atoms with Crippen LogP contribution in [0.4, 0.5) is 0 Å². The highest BCUT2D eigenvalue weighted by molar-refractivity contribution is 5.87. The summed E-state index contributed by atoms with van der Waals surface area (Å²) in [6, 6.07) is 1.60. The molecule has 5 nitrogen and oxygen atoms in total. The van der Waals surface area contributed by atoms with Crippen LogP contribution in [0.2, 0.25) is 0 Å². The molecule has 84 valence electrons. The summed E-state index contributed by atoms with van der Waals surface area (Å²) >= 11 is 0. The number of imidazole rings is 1. The fraction of sp³-hybridized carbons (Fsp3) is 0.273. The Labute approximate surface area is 93.0 Å². The predicted octanol–water partition coefficient (Wildman–Crippen LogP) is 1.39. The Balaban J connectivity index is 2.00. The molecule has 5 heteroatoms. The lowest BCUT2D eigenvalue weighted by Crippen LogP contribution is -2.06. The molecule has 0 aliphatic heterocycles. The van der Waals surface area contributed by atoms with Gasteiger partial charge in [-0.3, -0.25) is 0 Å². The summed E-state index contributed by atoms with van der Waals surface area (Å²) in [6.07, 6.45) is 7.08. The standard InChI is InChI=1S/C11H13N3O2/c1-9-12-3-5-14(9)7-6-13-4-2-10(8-13)11(15)16/h2-5,8H,6-7H2,1H3,(H,15,16). The van der Waals surface area contributed by atoms with Crippen molar-refractivity contribution in [2.45, 2.75) is 20.0 Å². The van der Waals surface area contributed by atoms with Crippen LogP contribution in [0, 0.1) is 6.92 Å². The minimum Gasteiger partial charge on any atom is -0.478 e. The third-order valence-electron chi connectivity index (χ3n) is 2.52. The molecule has 0 unspecified atom stereocenters. The highest BCUT2D eigenvalue weighted by atomic mass is 16.4. The molecule has 0 aromatic carbocycles. The summed E-state index contributed by atoms with van der Waals surface area (Å²) in [7, 11) is 0. The quantitative estimate of drug-likeness (QED) is 0.845. The van der Waals surface area contributed by atoms with E-state index < -0.39 is 5.97 Å². The lowest BCUT2D eigenvalue weighted by molar-refractivity contribution is 0.0697. The Morgan fingerprint density at radius 1 is 1.44 bits per heavy atom. The molecule has 2 heterocycles. The highest BCUT2D eigenvalue weighted by Gasteiger charge is 2.04. The number of carboxylic acid groups (broad SMARTS) is 1. The topological polar surface area (TPSA) is 60.0 Å². The van der Waals surface area contributed by atoms with Gasteiger partial charge in [0.15, 0.2) is 0 Å². The number of hydrogen-bond donors (Lipinski definition) is 1. The van der Waals surface area contributed by atoms with E-state index in [4.69, 9.17) is 5.11 Å². The zero-order valence-corrected chi connectivity index (χ0v) is 9.00. The van der Waals surface area contributed by atoms with Crippen molar-refractivity contribution < 1.29 is 9.90 Å². The third-order valence-corrected chi connectivity index (χ3v) is 2.52. The number of aromatic carboxylic acids is 1. The Bertz CT molecular complexity index is 499. The first-order valence-corrected chi connectivity index (χ1v) is 5.03. The molecule has 16 heavy (non-hydrogen) atoms. The van der Waals surface area contributed by atoms with E-state index in [0.717, 1.165) is 18.9 Å². The summed E-state index contributed by atoms with van der Waals surface area (Å²) < 4.78 is 3.89. The highest BCUT2D eigenvalue weighted by Crippen LogP contribution is 2.02. The summed E-state index contributed by atoms with van der Waals surface area (Å²) in [6.45, 7) is 3.47. The van der Waals surface area contributed by atoms with Crippen LogP contribution in [-0.4, -0.2) is 25.2 Å². The predicted molar refractivity (Wildman–Crippen MR) is 58.4 cm³/mol. The number of carboxylic acids is 1. The van der Waals surface area contributed by atoms with Gasteiger partial charge in [0, 0.05) is 37.9 Å². The average Bonchev–Trinajstić information content (AvgIpc) is 2.83. The Morgan fingerprint density at radius 2 is 2.25 bits per heavy atom. The normalized spacial score (nSPS) is 10.6. The molecule has 2 aromatic rings. The first-order chi connectivity index (χ1) is 7.66. The smallest absolute Gasteiger partial charge is 0.337 e. The van der Waals surface area contributed by atoms with E-state index in [1.54, 1.807) is 24.7 Å². The number of nitrogens with zero attached hydrogens (tertiary/aromatic N) is 3. The minimum atomic E-state index is -0.891. The monoisotopic (exact) mass is 219 g/mol. The maximum absolute atomic E-state index is 10.7. The molecule has 0 aliphatic rings. The van der Waals surface area contributed by atoms with Crippen molar-refractivity contribution in [1.29, 1.82) is 0 Å². The van der Waals surface area contributed by atoms with E-state index in [1.165, 1.54) is 0 Å². The second kappa shape index (κ2) is 4.22. The molecule has 0 saturated heterocycles. The van der Waals surface area contributed by atoms with E-state index in [0.29, 0.717) is 5.56 Å². The van der Waals surface area contributed by atoms with Crippen molar-refractivity contribution in [1.82, 2.24) is 14.1 Å².